The Bertz CT molecular complexity index is 597. The zero-order valence-corrected chi connectivity index (χ0v) is 10.1. The molecular weight excluding hydrogens is 247 g/mol. The number of aromatic hydroxyl groups is 1. The first-order valence-electron chi connectivity index (χ1n) is 5.67. The Balaban J connectivity index is 2.09. The minimum absolute atomic E-state index is 0.143. The average molecular weight is 260 g/mol. The van der Waals surface area contributed by atoms with Crippen molar-refractivity contribution in [3.05, 3.63) is 59.4 Å². The maximum Gasteiger partial charge on any atom is 0.251 e. The van der Waals surface area contributed by atoms with Gasteiger partial charge in [0.1, 0.15) is 11.6 Å². The molecule has 0 bridgehead atoms. The van der Waals surface area contributed by atoms with Crippen LogP contribution in [-0.2, 0) is 6.54 Å². The van der Waals surface area contributed by atoms with E-state index in [0.717, 1.165) is 5.56 Å². The number of phenolic OH excluding ortho intramolecular Hbond substituents is 1. The highest BCUT2D eigenvalue weighted by Crippen LogP contribution is 2.16. The van der Waals surface area contributed by atoms with E-state index in [9.17, 15) is 9.18 Å². The third-order valence-corrected chi connectivity index (χ3v) is 2.66. The molecule has 0 fully saturated rings. The third-order valence-electron chi connectivity index (χ3n) is 2.66. The van der Waals surface area contributed by atoms with Gasteiger partial charge in [0.15, 0.2) is 0 Å². The minimum atomic E-state index is -0.800. The Hall–Kier alpha value is -2.56. The van der Waals surface area contributed by atoms with Crippen LogP contribution in [0.3, 0.4) is 0 Å². The Morgan fingerprint density at radius 3 is 2.53 bits per heavy atom. The standard InChI is InChI=1S/C14H13FN2O2/c15-13-6-3-10(7-12(13)14(16)19)17-8-9-1-4-11(18)5-2-9/h1-7,17-18H,8H2,(H2,16,19). The molecule has 4 N–H and O–H groups in total. The lowest BCUT2D eigenvalue weighted by Gasteiger charge is -2.08. The molecule has 19 heavy (non-hydrogen) atoms. The minimum Gasteiger partial charge on any atom is -0.508 e. The highest BCUT2D eigenvalue weighted by atomic mass is 19.1. The van der Waals surface area contributed by atoms with Gasteiger partial charge in [0.25, 0.3) is 5.91 Å². The molecule has 2 aromatic carbocycles. The van der Waals surface area contributed by atoms with Gasteiger partial charge in [-0.05, 0) is 35.9 Å². The van der Waals surface area contributed by atoms with Gasteiger partial charge in [0.2, 0.25) is 0 Å². The van der Waals surface area contributed by atoms with Crippen molar-refractivity contribution in [2.75, 3.05) is 5.32 Å². The Morgan fingerprint density at radius 1 is 1.21 bits per heavy atom. The van der Waals surface area contributed by atoms with E-state index in [1.807, 2.05) is 0 Å². The zero-order valence-electron chi connectivity index (χ0n) is 10.1. The molecule has 0 saturated heterocycles. The lowest BCUT2D eigenvalue weighted by Crippen LogP contribution is -2.13. The number of phenols is 1. The van der Waals surface area contributed by atoms with Crippen LogP contribution in [0.25, 0.3) is 0 Å². The molecule has 4 nitrogen and oxygen atoms in total. The summed E-state index contributed by atoms with van der Waals surface area (Å²) in [7, 11) is 0. The van der Waals surface area contributed by atoms with E-state index in [1.54, 1.807) is 24.3 Å². The molecule has 5 heteroatoms. The van der Waals surface area contributed by atoms with E-state index >= 15 is 0 Å². The predicted octanol–water partition coefficient (Wildman–Crippen LogP) is 2.24. The molecule has 2 aromatic rings. The smallest absolute Gasteiger partial charge is 0.251 e. The van der Waals surface area contributed by atoms with Crippen molar-refractivity contribution in [1.82, 2.24) is 0 Å². The highest BCUT2D eigenvalue weighted by Gasteiger charge is 2.08. The fourth-order valence-corrected chi connectivity index (χ4v) is 1.64. The van der Waals surface area contributed by atoms with Gasteiger partial charge < -0.3 is 16.2 Å². The molecule has 0 heterocycles. The summed E-state index contributed by atoms with van der Waals surface area (Å²) in [6.45, 7) is 0.490. The SMILES string of the molecule is NC(=O)c1cc(NCc2ccc(O)cc2)ccc1F. The number of carbonyl (C=O) groups is 1. The molecule has 0 aromatic heterocycles. The number of carbonyl (C=O) groups excluding carboxylic acids is 1. The molecule has 0 saturated carbocycles. The maximum atomic E-state index is 13.3. The third kappa shape index (κ3) is 3.22. The number of nitrogens with two attached hydrogens (primary N) is 1. The summed E-state index contributed by atoms with van der Waals surface area (Å²) in [6, 6.07) is 10.8. The van der Waals surface area contributed by atoms with Gasteiger partial charge in [-0.1, -0.05) is 12.1 Å². The van der Waals surface area contributed by atoms with Crippen LogP contribution in [0.5, 0.6) is 5.75 Å². The van der Waals surface area contributed by atoms with Crippen LogP contribution in [0, 0.1) is 5.82 Å². The molecule has 0 unspecified atom stereocenters. The van der Waals surface area contributed by atoms with Gasteiger partial charge in [-0.3, -0.25) is 4.79 Å². The number of amides is 1. The predicted molar refractivity (Wildman–Crippen MR) is 70.4 cm³/mol. The second kappa shape index (κ2) is 5.39. The van der Waals surface area contributed by atoms with Crippen molar-refractivity contribution in [2.45, 2.75) is 6.54 Å². The van der Waals surface area contributed by atoms with Crippen molar-refractivity contribution in [3.63, 3.8) is 0 Å². The fraction of sp³-hybridized carbons (Fsp3) is 0.0714. The summed E-state index contributed by atoms with van der Waals surface area (Å²) in [5.74, 6) is -1.24. The number of hydrogen-bond acceptors (Lipinski definition) is 3. The van der Waals surface area contributed by atoms with E-state index in [1.165, 1.54) is 18.2 Å². The molecular formula is C14H13FN2O2. The summed E-state index contributed by atoms with van der Waals surface area (Å²) in [5.41, 5.74) is 6.48. The van der Waals surface area contributed by atoms with Crippen LogP contribution in [-0.4, -0.2) is 11.0 Å². The largest absolute Gasteiger partial charge is 0.508 e. The van der Waals surface area contributed by atoms with Gasteiger partial charge in [0.05, 0.1) is 5.56 Å². The van der Waals surface area contributed by atoms with E-state index in [-0.39, 0.29) is 11.3 Å². The van der Waals surface area contributed by atoms with Crippen LogP contribution in [0.15, 0.2) is 42.5 Å². The summed E-state index contributed by atoms with van der Waals surface area (Å²) < 4.78 is 13.3. The average Bonchev–Trinajstić information content (AvgIpc) is 2.39. The number of hydrogen-bond donors (Lipinski definition) is 3. The number of halogens is 1. The molecule has 2 rings (SSSR count). The number of anilines is 1. The first kappa shape index (κ1) is 12.9. The second-order valence-corrected chi connectivity index (χ2v) is 4.08. The number of benzene rings is 2. The number of nitrogens with one attached hydrogen (secondary N) is 1. The molecule has 1 amide bonds. The lowest BCUT2D eigenvalue weighted by molar-refractivity contribution is 0.0996. The molecule has 0 aliphatic rings. The molecule has 0 aliphatic carbocycles. The fourth-order valence-electron chi connectivity index (χ4n) is 1.64. The number of rotatable bonds is 4. The van der Waals surface area contributed by atoms with Crippen molar-refractivity contribution in [2.24, 2.45) is 5.73 Å². The van der Waals surface area contributed by atoms with Crippen LogP contribution in [0.2, 0.25) is 0 Å². The number of primary amides is 1. The van der Waals surface area contributed by atoms with Crippen LogP contribution < -0.4 is 11.1 Å². The summed E-state index contributed by atoms with van der Waals surface area (Å²) in [4.78, 5) is 11.0. The van der Waals surface area contributed by atoms with Crippen LogP contribution >= 0.6 is 0 Å². The zero-order chi connectivity index (χ0) is 13.8. The Kier molecular flexibility index (Phi) is 3.66. The molecule has 0 aliphatic heterocycles. The summed E-state index contributed by atoms with van der Waals surface area (Å²) in [6.07, 6.45) is 0. The molecule has 0 radical (unpaired) electrons. The highest BCUT2D eigenvalue weighted by molar-refractivity contribution is 5.94. The van der Waals surface area contributed by atoms with E-state index in [4.69, 9.17) is 10.8 Å². The van der Waals surface area contributed by atoms with Gasteiger partial charge in [0, 0.05) is 12.2 Å². The summed E-state index contributed by atoms with van der Waals surface area (Å²) >= 11 is 0. The molecule has 0 atom stereocenters. The van der Waals surface area contributed by atoms with E-state index in [0.29, 0.717) is 12.2 Å². The second-order valence-electron chi connectivity index (χ2n) is 4.08. The van der Waals surface area contributed by atoms with Crippen molar-refractivity contribution < 1.29 is 14.3 Å². The van der Waals surface area contributed by atoms with Crippen molar-refractivity contribution in [3.8, 4) is 5.75 Å². The lowest BCUT2D eigenvalue weighted by atomic mass is 10.1. The van der Waals surface area contributed by atoms with Crippen LogP contribution in [0.1, 0.15) is 15.9 Å². The quantitative estimate of drug-likeness (QED) is 0.789. The normalized spacial score (nSPS) is 10.2. The maximum absolute atomic E-state index is 13.3. The molecule has 0 spiro atoms. The van der Waals surface area contributed by atoms with Gasteiger partial charge in [-0.15, -0.1) is 0 Å². The van der Waals surface area contributed by atoms with Crippen molar-refractivity contribution >= 4 is 11.6 Å². The monoisotopic (exact) mass is 260 g/mol. The Labute approximate surface area is 109 Å². The first-order chi connectivity index (χ1) is 9.06. The summed E-state index contributed by atoms with van der Waals surface area (Å²) in [5, 5.41) is 12.2. The van der Waals surface area contributed by atoms with Crippen molar-refractivity contribution in [1.29, 1.82) is 0 Å². The van der Waals surface area contributed by atoms with Gasteiger partial charge >= 0.3 is 0 Å². The Morgan fingerprint density at radius 2 is 1.89 bits per heavy atom. The van der Waals surface area contributed by atoms with Gasteiger partial charge in [-0.25, -0.2) is 4.39 Å². The molecule has 98 valence electrons. The van der Waals surface area contributed by atoms with E-state index in [2.05, 4.69) is 5.32 Å². The van der Waals surface area contributed by atoms with E-state index < -0.39 is 11.7 Å². The first-order valence-corrected chi connectivity index (χ1v) is 5.67. The van der Waals surface area contributed by atoms with Gasteiger partial charge in [-0.2, -0.15) is 0 Å². The topological polar surface area (TPSA) is 75.4 Å². The van der Waals surface area contributed by atoms with Crippen LogP contribution in [0.4, 0.5) is 10.1 Å².